The number of nitrogens with zero attached hydrogens (tertiary/aromatic N) is 4. The lowest BCUT2D eigenvalue weighted by Crippen LogP contribution is -2.19. The van der Waals surface area contributed by atoms with E-state index in [1.54, 1.807) is 17.8 Å². The van der Waals surface area contributed by atoms with Crippen molar-refractivity contribution < 1.29 is 9.53 Å². The van der Waals surface area contributed by atoms with E-state index >= 15 is 0 Å². The SMILES string of the molecule is COc1ccc(CN(C)c2cc(Nc3cc(C)cc(C)c3)nn3c(C(C)=O)cnc23)cc1. The quantitative estimate of drug-likeness (QED) is 0.420. The molecule has 0 amide bonds. The second-order valence-corrected chi connectivity index (χ2v) is 8.06. The van der Waals surface area contributed by atoms with Crippen molar-refractivity contribution in [3.05, 3.63) is 77.1 Å². The average molecular weight is 430 g/mol. The standard InChI is InChI=1S/C25H27N5O2/c1-16-10-17(2)12-20(11-16)27-24-13-22(25-26-14-23(18(3)31)30(25)28-24)29(4)15-19-6-8-21(32-5)9-7-19/h6-14H,15H2,1-5H3,(H,27,28). The molecular weight excluding hydrogens is 402 g/mol. The van der Waals surface area contributed by atoms with Gasteiger partial charge in [0.05, 0.1) is 19.0 Å². The third kappa shape index (κ3) is 4.42. The zero-order valence-corrected chi connectivity index (χ0v) is 19.0. The number of Topliss-reactive ketones (excluding diaryl/α,β-unsaturated/α-hetero) is 1. The van der Waals surface area contributed by atoms with Gasteiger partial charge >= 0.3 is 0 Å². The molecule has 0 bridgehead atoms. The minimum absolute atomic E-state index is 0.0858. The number of imidazole rings is 1. The van der Waals surface area contributed by atoms with Gasteiger partial charge in [0.25, 0.3) is 0 Å². The number of carbonyl (C=O) groups is 1. The first-order valence-electron chi connectivity index (χ1n) is 10.4. The zero-order chi connectivity index (χ0) is 22.8. The molecule has 0 aliphatic rings. The lowest BCUT2D eigenvalue weighted by atomic mass is 10.1. The Bertz CT molecular complexity index is 1260. The highest BCUT2D eigenvalue weighted by Gasteiger charge is 2.17. The van der Waals surface area contributed by atoms with Gasteiger partial charge < -0.3 is 15.0 Å². The van der Waals surface area contributed by atoms with Crippen LogP contribution in [0.15, 0.2) is 54.7 Å². The normalized spacial score (nSPS) is 10.9. The van der Waals surface area contributed by atoms with Crippen LogP contribution in [0.1, 0.15) is 34.1 Å². The number of aryl methyl sites for hydroxylation is 2. The first kappa shape index (κ1) is 21.4. The minimum atomic E-state index is -0.0858. The fourth-order valence-corrected chi connectivity index (χ4v) is 3.82. The fourth-order valence-electron chi connectivity index (χ4n) is 3.82. The molecule has 2 heterocycles. The Morgan fingerprint density at radius 2 is 1.78 bits per heavy atom. The Hall–Kier alpha value is -3.87. The number of nitrogens with one attached hydrogen (secondary N) is 1. The Morgan fingerprint density at radius 1 is 1.09 bits per heavy atom. The number of rotatable bonds is 7. The van der Waals surface area contributed by atoms with Gasteiger partial charge in [-0.05, 0) is 54.8 Å². The summed E-state index contributed by atoms with van der Waals surface area (Å²) in [6.07, 6.45) is 1.58. The predicted molar refractivity (Wildman–Crippen MR) is 127 cm³/mol. The van der Waals surface area contributed by atoms with E-state index < -0.39 is 0 Å². The maximum absolute atomic E-state index is 12.2. The smallest absolute Gasteiger partial charge is 0.179 e. The highest BCUT2D eigenvalue weighted by molar-refractivity contribution is 5.93. The second-order valence-electron chi connectivity index (χ2n) is 8.06. The van der Waals surface area contributed by atoms with Gasteiger partial charge in [0.15, 0.2) is 17.2 Å². The van der Waals surface area contributed by atoms with Crippen molar-refractivity contribution in [1.82, 2.24) is 14.6 Å². The van der Waals surface area contributed by atoms with E-state index in [9.17, 15) is 4.79 Å². The van der Waals surface area contributed by atoms with Crippen molar-refractivity contribution in [1.29, 1.82) is 0 Å². The number of carbonyl (C=O) groups excluding carboxylic acids is 1. The van der Waals surface area contributed by atoms with Gasteiger partial charge in [-0.15, -0.1) is 5.10 Å². The van der Waals surface area contributed by atoms with Crippen LogP contribution in [0.5, 0.6) is 5.75 Å². The maximum Gasteiger partial charge on any atom is 0.179 e. The summed E-state index contributed by atoms with van der Waals surface area (Å²) in [6, 6.07) is 16.2. The summed E-state index contributed by atoms with van der Waals surface area (Å²) in [4.78, 5) is 18.8. The van der Waals surface area contributed by atoms with Gasteiger partial charge in [0, 0.05) is 32.3 Å². The van der Waals surface area contributed by atoms with Crippen molar-refractivity contribution in [3.63, 3.8) is 0 Å². The molecule has 0 fully saturated rings. The summed E-state index contributed by atoms with van der Waals surface area (Å²) in [7, 11) is 3.66. The summed E-state index contributed by atoms with van der Waals surface area (Å²) < 4.78 is 6.87. The van der Waals surface area contributed by atoms with Crippen LogP contribution < -0.4 is 15.0 Å². The van der Waals surface area contributed by atoms with Crippen molar-refractivity contribution in [3.8, 4) is 5.75 Å². The topological polar surface area (TPSA) is 71.8 Å². The minimum Gasteiger partial charge on any atom is -0.497 e. The molecule has 2 aromatic carbocycles. The average Bonchev–Trinajstić information content (AvgIpc) is 3.17. The fraction of sp³-hybridized carbons (Fsp3) is 0.240. The molecule has 7 heteroatoms. The first-order chi connectivity index (χ1) is 15.3. The van der Waals surface area contributed by atoms with Crippen LogP contribution in [-0.2, 0) is 6.54 Å². The van der Waals surface area contributed by atoms with Crippen molar-refractivity contribution >= 4 is 28.6 Å². The molecule has 0 unspecified atom stereocenters. The summed E-state index contributed by atoms with van der Waals surface area (Å²) in [5.74, 6) is 1.37. The number of methoxy groups -OCH3 is 1. The molecule has 0 aliphatic carbocycles. The number of hydrogen-bond donors (Lipinski definition) is 1. The zero-order valence-electron chi connectivity index (χ0n) is 19.0. The lowest BCUT2D eigenvalue weighted by molar-refractivity contribution is 0.101. The van der Waals surface area contributed by atoms with Crippen LogP contribution in [0.2, 0.25) is 0 Å². The molecule has 2 aromatic heterocycles. The van der Waals surface area contributed by atoms with Crippen LogP contribution >= 0.6 is 0 Å². The largest absolute Gasteiger partial charge is 0.497 e. The number of anilines is 3. The second kappa shape index (κ2) is 8.70. The number of hydrogen-bond acceptors (Lipinski definition) is 6. The molecule has 4 aromatic rings. The molecule has 0 radical (unpaired) electrons. The van der Waals surface area contributed by atoms with E-state index in [0.717, 1.165) is 33.8 Å². The Balaban J connectivity index is 1.74. The van der Waals surface area contributed by atoms with Crippen molar-refractivity contribution in [2.45, 2.75) is 27.3 Å². The number of ketones is 1. The predicted octanol–water partition coefficient (Wildman–Crippen LogP) is 4.94. The summed E-state index contributed by atoms with van der Waals surface area (Å²) in [6.45, 7) is 6.31. The van der Waals surface area contributed by atoms with Gasteiger partial charge in [-0.3, -0.25) is 4.79 Å². The van der Waals surface area contributed by atoms with Crippen LogP contribution in [0.3, 0.4) is 0 Å². The highest BCUT2D eigenvalue weighted by Crippen LogP contribution is 2.27. The van der Waals surface area contributed by atoms with E-state index in [1.807, 2.05) is 37.4 Å². The molecule has 1 N–H and O–H groups in total. The van der Waals surface area contributed by atoms with Gasteiger partial charge in [0.2, 0.25) is 0 Å². The molecule has 164 valence electrons. The van der Waals surface area contributed by atoms with Gasteiger partial charge in [-0.2, -0.15) is 0 Å². The number of ether oxygens (including phenoxy) is 1. The molecule has 0 spiro atoms. The monoisotopic (exact) mass is 429 g/mol. The Morgan fingerprint density at radius 3 is 2.41 bits per heavy atom. The molecule has 7 nitrogen and oxygen atoms in total. The summed E-state index contributed by atoms with van der Waals surface area (Å²) in [5.41, 5.74) is 6.36. The molecular formula is C25H27N5O2. The van der Waals surface area contributed by atoms with Gasteiger partial charge in [-0.1, -0.05) is 18.2 Å². The summed E-state index contributed by atoms with van der Waals surface area (Å²) in [5, 5.41) is 8.06. The maximum atomic E-state index is 12.2. The molecule has 0 saturated carbocycles. The number of benzene rings is 2. The van der Waals surface area contributed by atoms with Gasteiger partial charge in [-0.25, -0.2) is 9.50 Å². The van der Waals surface area contributed by atoms with Gasteiger partial charge in [0.1, 0.15) is 11.4 Å². The molecule has 32 heavy (non-hydrogen) atoms. The third-order valence-corrected chi connectivity index (χ3v) is 5.29. The molecule has 0 atom stereocenters. The van der Waals surface area contributed by atoms with Crippen molar-refractivity contribution in [2.75, 3.05) is 24.4 Å². The highest BCUT2D eigenvalue weighted by atomic mass is 16.5. The van der Waals surface area contributed by atoms with Crippen molar-refractivity contribution in [2.24, 2.45) is 0 Å². The molecule has 0 saturated heterocycles. The summed E-state index contributed by atoms with van der Waals surface area (Å²) >= 11 is 0. The van der Waals surface area contributed by atoms with E-state index in [4.69, 9.17) is 4.74 Å². The number of aromatic nitrogens is 3. The van der Waals surface area contributed by atoms with E-state index in [1.165, 1.54) is 6.92 Å². The first-order valence-corrected chi connectivity index (χ1v) is 10.4. The van der Waals surface area contributed by atoms with Crippen LogP contribution in [0.25, 0.3) is 5.65 Å². The van der Waals surface area contributed by atoms with E-state index in [-0.39, 0.29) is 5.78 Å². The number of fused-ring (bicyclic) bond motifs is 1. The van der Waals surface area contributed by atoms with Crippen LogP contribution in [0.4, 0.5) is 17.2 Å². The Labute approximate surface area is 187 Å². The third-order valence-electron chi connectivity index (χ3n) is 5.29. The van der Waals surface area contributed by atoms with Crippen LogP contribution in [-0.4, -0.2) is 34.5 Å². The molecule has 0 aliphatic heterocycles. The van der Waals surface area contributed by atoms with E-state index in [0.29, 0.717) is 23.7 Å². The lowest BCUT2D eigenvalue weighted by Gasteiger charge is -2.21. The van der Waals surface area contributed by atoms with Crippen LogP contribution in [0, 0.1) is 13.8 Å². The molecule has 4 rings (SSSR count). The van der Waals surface area contributed by atoms with E-state index in [2.05, 4.69) is 52.3 Å². The Kier molecular flexibility index (Phi) is 5.81.